The summed E-state index contributed by atoms with van der Waals surface area (Å²) < 4.78 is 12.5. The lowest BCUT2D eigenvalue weighted by molar-refractivity contribution is 0.0969. The van der Waals surface area contributed by atoms with E-state index in [1.54, 1.807) is 12.3 Å². The van der Waals surface area contributed by atoms with E-state index in [-0.39, 0.29) is 5.78 Å². The van der Waals surface area contributed by atoms with Gasteiger partial charge in [0.2, 0.25) is 0 Å². The molecule has 4 heteroatoms. The fourth-order valence-corrected chi connectivity index (χ4v) is 3.25. The first-order valence-electron chi connectivity index (χ1n) is 4.79. The summed E-state index contributed by atoms with van der Waals surface area (Å²) in [6.45, 7) is 0. The molecule has 15 heavy (non-hydrogen) atoms. The Labute approximate surface area is 99.7 Å². The molecule has 0 saturated heterocycles. The van der Waals surface area contributed by atoms with Crippen molar-refractivity contribution in [2.24, 2.45) is 0 Å². The van der Waals surface area contributed by atoms with Gasteiger partial charge in [-0.2, -0.15) is 0 Å². The average molecular weight is 287 g/mol. The second kappa shape index (κ2) is 4.18. The van der Waals surface area contributed by atoms with Crippen LogP contribution in [0.25, 0.3) is 0 Å². The first-order valence-corrected chi connectivity index (χ1v) is 7.14. The van der Waals surface area contributed by atoms with E-state index in [1.165, 1.54) is 0 Å². The molecule has 2 nitrogen and oxygen atoms in total. The third-order valence-electron chi connectivity index (χ3n) is 2.64. The molecular weight excluding hydrogens is 276 g/mol. The second-order valence-corrected chi connectivity index (χ2v) is 5.83. The number of rotatable bonds is 1. The van der Waals surface area contributed by atoms with Crippen molar-refractivity contribution in [1.82, 2.24) is 0 Å². The van der Waals surface area contributed by atoms with E-state index in [0.717, 1.165) is 22.9 Å². The third-order valence-corrected chi connectivity index (χ3v) is 4.34. The van der Waals surface area contributed by atoms with E-state index in [1.807, 2.05) is 6.07 Å². The van der Waals surface area contributed by atoms with Crippen LogP contribution in [0, 0.1) is 0 Å². The van der Waals surface area contributed by atoms with Crippen LogP contribution in [0.3, 0.4) is 0 Å². The number of benzene rings is 1. The predicted molar refractivity (Wildman–Crippen MR) is 63.7 cm³/mol. The summed E-state index contributed by atoms with van der Waals surface area (Å²) in [7, 11) is -1.09. The smallest absolute Gasteiger partial charge is 0.164 e. The molecule has 0 saturated carbocycles. The van der Waals surface area contributed by atoms with Crippen molar-refractivity contribution in [2.45, 2.75) is 24.2 Å². The lowest BCUT2D eigenvalue weighted by Gasteiger charge is -2.18. The van der Waals surface area contributed by atoms with Crippen LogP contribution in [0.5, 0.6) is 0 Å². The number of halogens is 1. The topological polar surface area (TPSA) is 34.1 Å². The van der Waals surface area contributed by atoms with Crippen LogP contribution in [0.1, 0.15) is 28.8 Å². The van der Waals surface area contributed by atoms with Gasteiger partial charge in [0.15, 0.2) is 5.78 Å². The maximum absolute atomic E-state index is 11.8. The Bertz CT molecular complexity index is 454. The molecule has 0 spiro atoms. The van der Waals surface area contributed by atoms with E-state index in [9.17, 15) is 9.00 Å². The van der Waals surface area contributed by atoms with Crippen LogP contribution in [-0.2, 0) is 17.2 Å². The van der Waals surface area contributed by atoms with Gasteiger partial charge in [0.25, 0.3) is 0 Å². The summed E-state index contributed by atoms with van der Waals surface area (Å²) >= 11 is 3.44. The van der Waals surface area contributed by atoms with Crippen LogP contribution >= 0.6 is 15.9 Å². The molecule has 0 aliphatic heterocycles. The zero-order valence-electron chi connectivity index (χ0n) is 8.38. The summed E-state index contributed by atoms with van der Waals surface area (Å²) in [6.07, 6.45) is 3.98. The predicted octanol–water partition coefficient (Wildman–Crippen LogP) is 2.71. The van der Waals surface area contributed by atoms with Crippen LogP contribution in [-0.4, -0.2) is 16.2 Å². The fourth-order valence-electron chi connectivity index (χ4n) is 1.94. The van der Waals surface area contributed by atoms with Crippen molar-refractivity contribution in [3.05, 3.63) is 27.7 Å². The number of Topliss-reactive ketones (excluding diaryl/α,β-unsaturated/α-hetero) is 1. The average Bonchev–Trinajstić information content (AvgIpc) is 2.19. The first kappa shape index (κ1) is 11.0. The largest absolute Gasteiger partial charge is 0.294 e. The zero-order chi connectivity index (χ0) is 11.0. The monoisotopic (exact) mass is 286 g/mol. The lowest BCUT2D eigenvalue weighted by atomic mass is 9.91. The highest BCUT2D eigenvalue weighted by atomic mass is 79.9. The second-order valence-electron chi connectivity index (χ2n) is 3.63. The van der Waals surface area contributed by atoms with Gasteiger partial charge in [-0.25, -0.2) is 0 Å². The highest BCUT2D eigenvalue weighted by Gasteiger charge is 2.23. The Morgan fingerprint density at radius 2 is 2.07 bits per heavy atom. The highest BCUT2D eigenvalue weighted by molar-refractivity contribution is 9.10. The van der Waals surface area contributed by atoms with Crippen molar-refractivity contribution in [3.8, 4) is 0 Å². The van der Waals surface area contributed by atoms with Crippen LogP contribution in [0.15, 0.2) is 21.5 Å². The number of fused-ring (bicyclic) bond motifs is 1. The minimum Gasteiger partial charge on any atom is -0.294 e. The molecule has 1 aliphatic rings. The summed E-state index contributed by atoms with van der Waals surface area (Å²) in [6, 6.07) is 3.66. The van der Waals surface area contributed by atoms with E-state index in [2.05, 4.69) is 15.9 Å². The maximum atomic E-state index is 11.8. The Morgan fingerprint density at radius 3 is 2.73 bits per heavy atom. The van der Waals surface area contributed by atoms with Gasteiger partial charge in [-0.1, -0.05) is 15.9 Å². The van der Waals surface area contributed by atoms with E-state index < -0.39 is 10.8 Å². The normalized spacial score (nSPS) is 17.3. The van der Waals surface area contributed by atoms with E-state index in [4.69, 9.17) is 0 Å². The molecule has 1 aliphatic carbocycles. The summed E-state index contributed by atoms with van der Waals surface area (Å²) in [5.74, 6) is 0.128. The lowest BCUT2D eigenvalue weighted by Crippen LogP contribution is -2.14. The van der Waals surface area contributed by atoms with Gasteiger partial charge in [-0.15, -0.1) is 0 Å². The molecule has 0 aromatic heterocycles. The van der Waals surface area contributed by atoms with Gasteiger partial charge in [-0.3, -0.25) is 9.00 Å². The quantitative estimate of drug-likeness (QED) is 0.796. The Balaban J connectivity index is 2.70. The molecule has 0 fully saturated rings. The highest BCUT2D eigenvalue weighted by Crippen LogP contribution is 2.31. The van der Waals surface area contributed by atoms with Gasteiger partial charge in [0.05, 0.1) is 10.8 Å². The van der Waals surface area contributed by atoms with Crippen molar-refractivity contribution in [1.29, 1.82) is 0 Å². The number of carbonyl (C=O) groups is 1. The SMILES string of the molecule is CS(=O)c1ccc(Br)c2c1C(=O)CCC2. The summed E-state index contributed by atoms with van der Waals surface area (Å²) in [5, 5.41) is 0. The van der Waals surface area contributed by atoms with Gasteiger partial charge in [-0.05, 0) is 30.5 Å². The zero-order valence-corrected chi connectivity index (χ0v) is 10.8. The Morgan fingerprint density at radius 1 is 1.33 bits per heavy atom. The van der Waals surface area contributed by atoms with Gasteiger partial charge in [0.1, 0.15) is 0 Å². The van der Waals surface area contributed by atoms with E-state index >= 15 is 0 Å². The van der Waals surface area contributed by atoms with E-state index in [0.29, 0.717) is 16.9 Å². The van der Waals surface area contributed by atoms with Crippen molar-refractivity contribution in [2.75, 3.05) is 6.26 Å². The van der Waals surface area contributed by atoms with Gasteiger partial charge >= 0.3 is 0 Å². The molecule has 0 heterocycles. The molecule has 1 unspecified atom stereocenters. The Hall–Kier alpha value is -0.480. The molecule has 1 atom stereocenters. The van der Waals surface area contributed by atoms with Gasteiger partial charge < -0.3 is 0 Å². The molecule has 1 aromatic rings. The van der Waals surface area contributed by atoms with Crippen molar-refractivity contribution >= 4 is 32.5 Å². The minimum atomic E-state index is -1.09. The number of ketones is 1. The fraction of sp³-hybridized carbons (Fsp3) is 0.364. The standard InChI is InChI=1S/C11H11BrO2S/c1-15(14)10-6-5-8(12)7-3-2-4-9(13)11(7)10/h5-6H,2-4H2,1H3. The summed E-state index contributed by atoms with van der Waals surface area (Å²) in [5.41, 5.74) is 1.72. The van der Waals surface area contributed by atoms with Gasteiger partial charge in [0, 0.05) is 27.6 Å². The van der Waals surface area contributed by atoms with Crippen LogP contribution in [0.4, 0.5) is 0 Å². The molecule has 80 valence electrons. The number of carbonyl (C=O) groups excluding carboxylic acids is 1. The van der Waals surface area contributed by atoms with Crippen LogP contribution < -0.4 is 0 Å². The molecule has 0 radical (unpaired) electrons. The first-order chi connectivity index (χ1) is 7.11. The maximum Gasteiger partial charge on any atom is 0.164 e. The minimum absolute atomic E-state index is 0.128. The molecule has 1 aromatic carbocycles. The number of hydrogen-bond donors (Lipinski definition) is 0. The molecule has 0 bridgehead atoms. The van der Waals surface area contributed by atoms with Crippen molar-refractivity contribution in [3.63, 3.8) is 0 Å². The molecule has 0 amide bonds. The summed E-state index contributed by atoms with van der Waals surface area (Å²) in [4.78, 5) is 12.5. The number of hydrogen-bond acceptors (Lipinski definition) is 2. The van der Waals surface area contributed by atoms with Crippen LogP contribution in [0.2, 0.25) is 0 Å². The molecular formula is C11H11BrO2S. The molecule has 0 N–H and O–H groups in total. The Kier molecular flexibility index (Phi) is 3.07. The third kappa shape index (κ3) is 1.93. The molecule has 2 rings (SSSR count). The van der Waals surface area contributed by atoms with Crippen molar-refractivity contribution < 1.29 is 9.00 Å².